The van der Waals surface area contributed by atoms with Gasteiger partial charge >= 0.3 is 0 Å². The first-order chi connectivity index (χ1) is 9.26. The highest BCUT2D eigenvalue weighted by Crippen LogP contribution is 2.54. The van der Waals surface area contributed by atoms with E-state index in [4.69, 9.17) is 12.6 Å². The molecule has 4 aliphatic carbocycles. The lowest BCUT2D eigenvalue weighted by atomic mass is 9.78. The van der Waals surface area contributed by atoms with Gasteiger partial charge in [-0.05, 0) is 68.1 Å². The van der Waals surface area contributed by atoms with Crippen molar-refractivity contribution in [2.45, 2.75) is 56.6 Å². The van der Waals surface area contributed by atoms with Gasteiger partial charge in [0.15, 0.2) is 0 Å². The summed E-state index contributed by atoms with van der Waals surface area (Å²) in [6, 6.07) is 0. The Kier molecular flexibility index (Phi) is 3.09. The second-order valence-corrected chi connectivity index (χ2v) is 8.15. The van der Waals surface area contributed by atoms with E-state index in [9.17, 15) is 5.21 Å². The van der Waals surface area contributed by atoms with Crippen LogP contribution in [0.25, 0.3) is 0 Å². The van der Waals surface area contributed by atoms with Crippen molar-refractivity contribution >= 4 is 18.3 Å². The van der Waals surface area contributed by atoms with Crippen LogP contribution in [-0.2, 0) is 0 Å². The first-order valence-electron chi connectivity index (χ1n) is 8.16. The van der Waals surface area contributed by atoms with E-state index < -0.39 is 0 Å². The maximum absolute atomic E-state index is 9.55. The van der Waals surface area contributed by atoms with E-state index in [1.54, 1.807) is 0 Å². The quantitative estimate of drug-likeness (QED) is 0.348. The number of hydrogen-bond acceptors (Lipinski definition) is 3. The Morgan fingerprint density at radius 3 is 2.11 bits per heavy atom. The highest BCUT2D eigenvalue weighted by atomic mass is 32.1. The monoisotopic (exact) mass is 279 g/mol. The smallest absolute Gasteiger partial charge is 0.0734 e. The molecule has 19 heavy (non-hydrogen) atoms. The van der Waals surface area contributed by atoms with Gasteiger partial charge in [0, 0.05) is 11.2 Å². The molecular formula is C16H25NOS. The molecule has 106 valence electrons. The normalized spacial score (nSPS) is 50.1. The average molecular weight is 279 g/mol. The van der Waals surface area contributed by atoms with Crippen molar-refractivity contribution < 1.29 is 5.21 Å². The second kappa shape index (κ2) is 4.68. The summed E-state index contributed by atoms with van der Waals surface area (Å²) in [6.07, 6.45) is 11.0. The third kappa shape index (κ3) is 1.95. The fraction of sp³-hybridized carbons (Fsp3) is 0.938. The largest absolute Gasteiger partial charge is 0.411 e. The molecule has 4 aliphatic rings. The molecule has 4 bridgehead atoms. The summed E-state index contributed by atoms with van der Waals surface area (Å²) in [5.74, 6) is 4.75. The Labute approximate surface area is 121 Å². The lowest BCUT2D eigenvalue weighted by Crippen LogP contribution is -2.35. The number of thiol groups is 1. The highest BCUT2D eigenvalue weighted by Gasteiger charge is 2.48. The van der Waals surface area contributed by atoms with Gasteiger partial charge in [-0.2, -0.15) is 12.6 Å². The molecule has 4 saturated carbocycles. The average Bonchev–Trinajstić information content (AvgIpc) is 3.19. The molecule has 7 atom stereocenters. The molecule has 4 fully saturated rings. The predicted octanol–water partition coefficient (Wildman–Crippen LogP) is 3.99. The van der Waals surface area contributed by atoms with E-state index in [0.29, 0.717) is 11.8 Å². The van der Waals surface area contributed by atoms with Gasteiger partial charge in [0.25, 0.3) is 0 Å². The van der Waals surface area contributed by atoms with E-state index in [2.05, 4.69) is 5.16 Å². The van der Waals surface area contributed by atoms with Gasteiger partial charge < -0.3 is 5.21 Å². The van der Waals surface area contributed by atoms with Crippen LogP contribution in [-0.4, -0.2) is 16.2 Å². The van der Waals surface area contributed by atoms with E-state index in [1.165, 1.54) is 51.4 Å². The lowest BCUT2D eigenvalue weighted by molar-refractivity contribution is 0.293. The van der Waals surface area contributed by atoms with Gasteiger partial charge in [-0.15, -0.1) is 0 Å². The summed E-state index contributed by atoms with van der Waals surface area (Å²) in [4.78, 5) is 0. The highest BCUT2D eigenvalue weighted by molar-refractivity contribution is 7.81. The van der Waals surface area contributed by atoms with E-state index in [-0.39, 0.29) is 5.25 Å². The van der Waals surface area contributed by atoms with Crippen LogP contribution < -0.4 is 0 Å². The van der Waals surface area contributed by atoms with Crippen LogP contribution in [0.4, 0.5) is 0 Å². The summed E-state index contributed by atoms with van der Waals surface area (Å²) in [6.45, 7) is 0. The van der Waals surface area contributed by atoms with Crippen molar-refractivity contribution in [3.05, 3.63) is 0 Å². The molecule has 0 amide bonds. The first-order valence-corrected chi connectivity index (χ1v) is 8.67. The molecule has 0 aliphatic heterocycles. The van der Waals surface area contributed by atoms with E-state index >= 15 is 0 Å². The van der Waals surface area contributed by atoms with Crippen molar-refractivity contribution in [2.75, 3.05) is 0 Å². The first kappa shape index (κ1) is 12.6. The molecular weight excluding hydrogens is 254 g/mol. The molecule has 0 aromatic heterocycles. The van der Waals surface area contributed by atoms with Crippen LogP contribution in [0, 0.1) is 35.5 Å². The number of oxime groups is 1. The molecule has 1 N–H and O–H groups in total. The van der Waals surface area contributed by atoms with Crippen molar-refractivity contribution in [1.82, 2.24) is 0 Å². The zero-order valence-corrected chi connectivity index (χ0v) is 12.4. The SMILES string of the molecule is ON=C(C(S)C1CC2CCC1C2)C1CC2CCC1C2. The Hall–Kier alpha value is -0.180. The number of nitrogens with zero attached hydrogens (tertiary/aromatic N) is 1. The molecule has 4 rings (SSSR count). The van der Waals surface area contributed by atoms with Gasteiger partial charge in [0.1, 0.15) is 0 Å². The third-order valence-corrected chi connectivity index (χ3v) is 7.38. The molecule has 0 heterocycles. The van der Waals surface area contributed by atoms with Crippen LogP contribution >= 0.6 is 12.6 Å². The van der Waals surface area contributed by atoms with Crippen molar-refractivity contribution in [1.29, 1.82) is 0 Å². The van der Waals surface area contributed by atoms with Crippen molar-refractivity contribution in [3.63, 3.8) is 0 Å². The molecule has 0 radical (unpaired) electrons. The minimum Gasteiger partial charge on any atom is -0.411 e. The summed E-state index contributed by atoms with van der Waals surface area (Å²) in [5.41, 5.74) is 1.05. The molecule has 7 unspecified atom stereocenters. The van der Waals surface area contributed by atoms with Crippen LogP contribution in [0.3, 0.4) is 0 Å². The summed E-state index contributed by atoms with van der Waals surface area (Å²) >= 11 is 4.91. The van der Waals surface area contributed by atoms with Gasteiger partial charge in [-0.3, -0.25) is 0 Å². The summed E-state index contributed by atoms with van der Waals surface area (Å²) in [7, 11) is 0. The molecule has 0 aromatic rings. The minimum atomic E-state index is 0.227. The fourth-order valence-electron chi connectivity index (χ4n) is 5.86. The number of rotatable bonds is 3. The summed E-state index contributed by atoms with van der Waals surface area (Å²) < 4.78 is 0. The fourth-order valence-corrected chi connectivity index (χ4v) is 6.47. The van der Waals surface area contributed by atoms with Crippen LogP contribution in [0.1, 0.15) is 51.4 Å². The standard InChI is InChI=1S/C16H25NOS/c18-17-15(13-7-9-1-3-11(13)5-9)16(19)14-8-10-2-4-12(14)6-10/h9-14,16,18-19H,1-8H2. The summed E-state index contributed by atoms with van der Waals surface area (Å²) in [5, 5.41) is 13.5. The number of hydrogen-bond donors (Lipinski definition) is 2. The van der Waals surface area contributed by atoms with Gasteiger partial charge in [-0.25, -0.2) is 0 Å². The molecule has 3 heteroatoms. The molecule has 0 aromatic carbocycles. The molecule has 0 saturated heterocycles. The zero-order chi connectivity index (χ0) is 13.0. The third-order valence-electron chi connectivity index (χ3n) is 6.73. The maximum atomic E-state index is 9.55. The Balaban J connectivity index is 1.50. The Morgan fingerprint density at radius 1 is 0.947 bits per heavy atom. The van der Waals surface area contributed by atoms with Gasteiger partial charge in [0.2, 0.25) is 0 Å². The van der Waals surface area contributed by atoms with Gasteiger partial charge in [0.05, 0.1) is 5.71 Å². The zero-order valence-electron chi connectivity index (χ0n) is 11.5. The minimum absolute atomic E-state index is 0.227. The number of fused-ring (bicyclic) bond motifs is 4. The van der Waals surface area contributed by atoms with Gasteiger partial charge in [-0.1, -0.05) is 18.0 Å². The molecule has 0 spiro atoms. The van der Waals surface area contributed by atoms with E-state index in [0.717, 1.165) is 29.4 Å². The Morgan fingerprint density at radius 2 is 1.63 bits per heavy atom. The second-order valence-electron chi connectivity index (χ2n) is 7.59. The van der Waals surface area contributed by atoms with Crippen LogP contribution in [0.2, 0.25) is 0 Å². The van der Waals surface area contributed by atoms with Crippen molar-refractivity contribution in [3.8, 4) is 0 Å². The van der Waals surface area contributed by atoms with Crippen molar-refractivity contribution in [2.24, 2.45) is 40.7 Å². The van der Waals surface area contributed by atoms with E-state index in [1.807, 2.05) is 0 Å². The maximum Gasteiger partial charge on any atom is 0.0734 e. The topological polar surface area (TPSA) is 32.6 Å². The lowest BCUT2D eigenvalue weighted by Gasteiger charge is -2.32. The molecule has 2 nitrogen and oxygen atoms in total. The van der Waals surface area contributed by atoms with Crippen LogP contribution in [0.5, 0.6) is 0 Å². The Bertz CT molecular complexity index is 396. The predicted molar refractivity (Wildman–Crippen MR) is 79.9 cm³/mol. The van der Waals surface area contributed by atoms with Crippen LogP contribution in [0.15, 0.2) is 5.16 Å².